The number of fused-ring (bicyclic) bond motifs is 2. The highest BCUT2D eigenvalue weighted by molar-refractivity contribution is 9.10. The van der Waals surface area contributed by atoms with Crippen molar-refractivity contribution in [3.8, 4) is 0 Å². The fourth-order valence-electron chi connectivity index (χ4n) is 3.63. The predicted octanol–water partition coefficient (Wildman–Crippen LogP) is 6.56. The summed E-state index contributed by atoms with van der Waals surface area (Å²) in [7, 11) is 0. The summed E-state index contributed by atoms with van der Waals surface area (Å²) in [4.78, 5) is 2.36. The third-order valence-corrected chi connectivity index (χ3v) is 5.35. The standard InChI is InChI=1S/C21H18BrN/c1-21(2)16-11-6-7-13-18(16)23(15-9-4-3-5-10-15)19-14-8-12-17(22)20(19)21/h3-14H,1-2H3. The van der Waals surface area contributed by atoms with E-state index in [9.17, 15) is 0 Å². The first kappa shape index (κ1) is 14.5. The molecule has 0 aliphatic carbocycles. The molecule has 0 N–H and O–H groups in total. The summed E-state index contributed by atoms with van der Waals surface area (Å²) in [6.07, 6.45) is 0. The number of hydrogen-bond acceptors (Lipinski definition) is 1. The van der Waals surface area contributed by atoms with Gasteiger partial charge in [-0.15, -0.1) is 0 Å². The van der Waals surface area contributed by atoms with Gasteiger partial charge in [0.15, 0.2) is 0 Å². The summed E-state index contributed by atoms with van der Waals surface area (Å²) in [5, 5.41) is 0. The van der Waals surface area contributed by atoms with Gasteiger partial charge in [0.1, 0.15) is 0 Å². The number of para-hydroxylation sites is 2. The van der Waals surface area contributed by atoms with Crippen molar-refractivity contribution in [1.82, 2.24) is 0 Å². The van der Waals surface area contributed by atoms with Gasteiger partial charge in [-0.05, 0) is 35.9 Å². The second kappa shape index (κ2) is 5.24. The molecule has 0 saturated carbocycles. The van der Waals surface area contributed by atoms with Gasteiger partial charge in [0.2, 0.25) is 0 Å². The minimum Gasteiger partial charge on any atom is -0.310 e. The van der Waals surface area contributed by atoms with Crippen molar-refractivity contribution in [3.05, 3.63) is 88.4 Å². The highest BCUT2D eigenvalue weighted by Gasteiger charge is 2.37. The highest BCUT2D eigenvalue weighted by Crippen LogP contribution is 2.53. The Labute approximate surface area is 145 Å². The molecule has 0 bridgehead atoms. The molecule has 1 nitrogen and oxygen atoms in total. The van der Waals surface area contributed by atoms with Crippen molar-refractivity contribution in [1.29, 1.82) is 0 Å². The van der Waals surface area contributed by atoms with E-state index in [1.165, 1.54) is 28.2 Å². The van der Waals surface area contributed by atoms with E-state index in [0.717, 1.165) is 4.47 Å². The maximum absolute atomic E-state index is 3.78. The third-order valence-electron chi connectivity index (χ3n) is 4.69. The molecule has 2 heteroatoms. The minimum absolute atomic E-state index is 0.0443. The predicted molar refractivity (Wildman–Crippen MR) is 101 cm³/mol. The fraction of sp³-hybridized carbons (Fsp3) is 0.143. The number of nitrogens with zero attached hydrogens (tertiary/aromatic N) is 1. The Morgan fingerprint density at radius 2 is 1.39 bits per heavy atom. The Kier molecular flexibility index (Phi) is 3.31. The smallest absolute Gasteiger partial charge is 0.0513 e. The third kappa shape index (κ3) is 2.13. The summed E-state index contributed by atoms with van der Waals surface area (Å²) >= 11 is 3.78. The van der Waals surface area contributed by atoms with E-state index in [1.54, 1.807) is 0 Å². The molecule has 23 heavy (non-hydrogen) atoms. The van der Waals surface area contributed by atoms with E-state index in [2.05, 4.69) is 107 Å². The number of halogens is 1. The van der Waals surface area contributed by atoms with Gasteiger partial charge in [-0.1, -0.05) is 72.2 Å². The van der Waals surface area contributed by atoms with Crippen LogP contribution in [0, 0.1) is 0 Å². The molecule has 0 amide bonds. The first-order valence-electron chi connectivity index (χ1n) is 7.84. The highest BCUT2D eigenvalue weighted by atomic mass is 79.9. The molecule has 1 heterocycles. The Balaban J connectivity index is 2.08. The van der Waals surface area contributed by atoms with Gasteiger partial charge < -0.3 is 4.90 Å². The first-order valence-corrected chi connectivity index (χ1v) is 8.63. The normalized spacial score (nSPS) is 15.0. The van der Waals surface area contributed by atoms with Crippen LogP contribution in [0.3, 0.4) is 0 Å². The molecule has 0 atom stereocenters. The average Bonchev–Trinajstić information content (AvgIpc) is 2.56. The quantitative estimate of drug-likeness (QED) is 0.473. The van der Waals surface area contributed by atoms with E-state index >= 15 is 0 Å². The van der Waals surface area contributed by atoms with Gasteiger partial charge in [0, 0.05) is 21.1 Å². The van der Waals surface area contributed by atoms with Crippen molar-refractivity contribution < 1.29 is 0 Å². The zero-order valence-electron chi connectivity index (χ0n) is 13.3. The Hall–Kier alpha value is -2.06. The maximum Gasteiger partial charge on any atom is 0.0513 e. The molecule has 1 aliphatic rings. The van der Waals surface area contributed by atoms with E-state index in [4.69, 9.17) is 0 Å². The van der Waals surface area contributed by atoms with Gasteiger partial charge in [-0.3, -0.25) is 0 Å². The molecule has 0 spiro atoms. The lowest BCUT2D eigenvalue weighted by molar-refractivity contribution is 0.628. The fourth-order valence-corrected chi connectivity index (χ4v) is 4.49. The summed E-state index contributed by atoms with van der Waals surface area (Å²) in [6.45, 7) is 4.61. The second-order valence-electron chi connectivity index (χ2n) is 6.45. The first-order chi connectivity index (χ1) is 11.1. The number of rotatable bonds is 1. The molecule has 0 unspecified atom stereocenters. The molecular weight excluding hydrogens is 346 g/mol. The van der Waals surface area contributed by atoms with Gasteiger partial charge in [0.05, 0.1) is 11.4 Å². The van der Waals surface area contributed by atoms with E-state index in [-0.39, 0.29) is 5.41 Å². The van der Waals surface area contributed by atoms with Gasteiger partial charge in [0.25, 0.3) is 0 Å². The van der Waals surface area contributed by atoms with Crippen LogP contribution in [0.2, 0.25) is 0 Å². The van der Waals surface area contributed by atoms with E-state index in [1.807, 2.05) is 0 Å². The number of benzene rings is 3. The monoisotopic (exact) mass is 363 g/mol. The Morgan fingerprint density at radius 1 is 0.739 bits per heavy atom. The largest absolute Gasteiger partial charge is 0.310 e. The maximum atomic E-state index is 3.78. The van der Waals surface area contributed by atoms with Gasteiger partial charge in [-0.2, -0.15) is 0 Å². The van der Waals surface area contributed by atoms with Crippen LogP contribution >= 0.6 is 15.9 Å². The van der Waals surface area contributed by atoms with Crippen LogP contribution in [0.4, 0.5) is 17.1 Å². The average molecular weight is 364 g/mol. The van der Waals surface area contributed by atoms with Crippen molar-refractivity contribution in [2.45, 2.75) is 19.3 Å². The zero-order valence-corrected chi connectivity index (χ0v) is 14.8. The van der Waals surface area contributed by atoms with Crippen molar-refractivity contribution >= 4 is 33.0 Å². The van der Waals surface area contributed by atoms with Crippen LogP contribution in [0.15, 0.2) is 77.3 Å². The van der Waals surface area contributed by atoms with Crippen LogP contribution in [-0.4, -0.2) is 0 Å². The molecule has 3 aromatic rings. The van der Waals surface area contributed by atoms with Gasteiger partial charge in [-0.25, -0.2) is 0 Å². The molecule has 114 valence electrons. The molecular formula is C21H18BrN. The number of hydrogen-bond donors (Lipinski definition) is 0. The van der Waals surface area contributed by atoms with Crippen molar-refractivity contribution in [3.63, 3.8) is 0 Å². The van der Waals surface area contributed by atoms with E-state index in [0.29, 0.717) is 0 Å². The molecule has 3 aromatic carbocycles. The molecule has 0 saturated heterocycles. The lowest BCUT2D eigenvalue weighted by atomic mass is 9.73. The lowest BCUT2D eigenvalue weighted by Crippen LogP contribution is -2.31. The van der Waals surface area contributed by atoms with Crippen molar-refractivity contribution in [2.75, 3.05) is 4.90 Å². The molecule has 4 rings (SSSR count). The summed E-state index contributed by atoms with van der Waals surface area (Å²) in [5.41, 5.74) is 6.33. The van der Waals surface area contributed by atoms with Crippen LogP contribution in [0.1, 0.15) is 25.0 Å². The van der Waals surface area contributed by atoms with E-state index < -0.39 is 0 Å². The summed E-state index contributed by atoms with van der Waals surface area (Å²) in [6, 6.07) is 25.8. The molecule has 1 aliphatic heterocycles. The van der Waals surface area contributed by atoms with Crippen LogP contribution in [0.25, 0.3) is 0 Å². The van der Waals surface area contributed by atoms with Crippen LogP contribution in [-0.2, 0) is 5.41 Å². The Morgan fingerprint density at radius 3 is 2.17 bits per heavy atom. The summed E-state index contributed by atoms with van der Waals surface area (Å²) < 4.78 is 1.16. The Bertz CT molecular complexity index is 868. The van der Waals surface area contributed by atoms with Crippen LogP contribution in [0.5, 0.6) is 0 Å². The SMILES string of the molecule is CC1(C)c2ccccc2N(c2ccccc2)c2cccc(Br)c21. The van der Waals surface area contributed by atoms with Crippen LogP contribution < -0.4 is 4.90 Å². The summed E-state index contributed by atoms with van der Waals surface area (Å²) in [5.74, 6) is 0. The minimum atomic E-state index is -0.0443. The zero-order chi connectivity index (χ0) is 16.0. The number of anilines is 3. The van der Waals surface area contributed by atoms with Gasteiger partial charge >= 0.3 is 0 Å². The lowest BCUT2D eigenvalue weighted by Gasteiger charge is -2.42. The molecule has 0 fully saturated rings. The molecule has 0 radical (unpaired) electrons. The van der Waals surface area contributed by atoms with Crippen molar-refractivity contribution in [2.24, 2.45) is 0 Å². The molecule has 0 aromatic heterocycles. The topological polar surface area (TPSA) is 3.24 Å². The second-order valence-corrected chi connectivity index (χ2v) is 7.30.